The fourth-order valence-electron chi connectivity index (χ4n) is 3.23. The summed E-state index contributed by atoms with van der Waals surface area (Å²) >= 11 is 0. The predicted molar refractivity (Wildman–Crippen MR) is 96.8 cm³/mol. The van der Waals surface area contributed by atoms with E-state index in [-0.39, 0.29) is 12.6 Å². The molecule has 1 aliphatic rings. The molecular weight excluding hydrogens is 414 g/mol. The zero-order valence-corrected chi connectivity index (χ0v) is 15.8. The molecule has 5 nitrogen and oxygen atoms in total. The highest BCUT2D eigenvalue weighted by molar-refractivity contribution is 5.93. The lowest BCUT2D eigenvalue weighted by Gasteiger charge is -2.32. The van der Waals surface area contributed by atoms with Gasteiger partial charge in [-0.15, -0.1) is 5.10 Å². The zero-order valence-electron chi connectivity index (χ0n) is 15.8. The number of piperidine rings is 1. The van der Waals surface area contributed by atoms with E-state index >= 15 is 0 Å². The summed E-state index contributed by atoms with van der Waals surface area (Å²) in [5.74, 6) is -0.713. The largest absolute Gasteiger partial charge is 0.416 e. The molecule has 0 spiro atoms. The van der Waals surface area contributed by atoms with Crippen LogP contribution in [0, 0.1) is 12.8 Å². The summed E-state index contributed by atoms with van der Waals surface area (Å²) in [6.45, 7) is 2.62. The Balaban J connectivity index is 1.78. The minimum absolute atomic E-state index is 0.0219. The van der Waals surface area contributed by atoms with Gasteiger partial charge in [-0.2, -0.15) is 31.4 Å². The normalized spacial score (nSPS) is 17.7. The van der Waals surface area contributed by atoms with E-state index in [0.717, 1.165) is 5.69 Å². The lowest BCUT2D eigenvalue weighted by Crippen LogP contribution is -2.41. The van der Waals surface area contributed by atoms with Crippen molar-refractivity contribution in [2.24, 2.45) is 5.92 Å². The Labute approximate surface area is 168 Å². The van der Waals surface area contributed by atoms with Crippen molar-refractivity contribution in [3.8, 4) is 0 Å². The monoisotopic (exact) mass is 432 g/mol. The number of nitrogens with zero attached hydrogens (tertiary/aromatic N) is 3. The van der Waals surface area contributed by atoms with Gasteiger partial charge in [0.1, 0.15) is 0 Å². The minimum Gasteiger partial charge on any atom is -0.354 e. The molecule has 1 unspecified atom stereocenters. The topological polar surface area (TPSA) is 58.1 Å². The summed E-state index contributed by atoms with van der Waals surface area (Å²) in [5, 5.41) is 10.2. The maximum atomic E-state index is 13.0. The summed E-state index contributed by atoms with van der Waals surface area (Å²) in [5.41, 5.74) is -2.79. The van der Waals surface area contributed by atoms with Gasteiger partial charge in [-0.1, -0.05) is 0 Å². The Morgan fingerprint density at radius 3 is 2.20 bits per heavy atom. The highest BCUT2D eigenvalue weighted by atomic mass is 19.4. The molecule has 1 aromatic carbocycles. The van der Waals surface area contributed by atoms with Crippen molar-refractivity contribution >= 4 is 17.4 Å². The summed E-state index contributed by atoms with van der Waals surface area (Å²) in [6.07, 6.45) is -8.89. The minimum atomic E-state index is -4.98. The lowest BCUT2D eigenvalue weighted by molar-refractivity contribution is -0.143. The molecule has 0 bridgehead atoms. The summed E-state index contributed by atoms with van der Waals surface area (Å²) in [4.78, 5) is 14.4. The number of nitrogens with one attached hydrogen (secondary N) is 1. The number of halogens is 6. The Morgan fingerprint density at radius 2 is 1.67 bits per heavy atom. The first kappa shape index (κ1) is 21.8. The van der Waals surface area contributed by atoms with E-state index in [1.54, 1.807) is 19.1 Å². The van der Waals surface area contributed by atoms with Crippen LogP contribution in [0.4, 0.5) is 37.8 Å². The number of aryl methyl sites for hydroxylation is 1. The Morgan fingerprint density at radius 1 is 1.03 bits per heavy atom. The molecule has 1 aromatic heterocycles. The molecule has 30 heavy (non-hydrogen) atoms. The Bertz CT molecular complexity index is 878. The smallest absolute Gasteiger partial charge is 0.354 e. The molecule has 1 N–H and O–H groups in total. The average Bonchev–Trinajstić information content (AvgIpc) is 2.67. The van der Waals surface area contributed by atoms with E-state index < -0.39 is 41.0 Å². The van der Waals surface area contributed by atoms with Crippen LogP contribution < -0.4 is 10.2 Å². The van der Waals surface area contributed by atoms with Crippen molar-refractivity contribution in [2.75, 3.05) is 23.3 Å². The summed E-state index contributed by atoms with van der Waals surface area (Å²) < 4.78 is 78.0. The third kappa shape index (κ3) is 5.19. The van der Waals surface area contributed by atoms with Gasteiger partial charge in [0.15, 0.2) is 5.82 Å². The number of alkyl halides is 6. The molecule has 1 amide bonds. The van der Waals surface area contributed by atoms with Crippen molar-refractivity contribution in [2.45, 2.75) is 32.1 Å². The van der Waals surface area contributed by atoms with Crippen LogP contribution in [0.25, 0.3) is 0 Å². The number of rotatable bonds is 3. The molecule has 2 heterocycles. The van der Waals surface area contributed by atoms with Crippen molar-refractivity contribution in [1.29, 1.82) is 0 Å². The number of hydrogen-bond acceptors (Lipinski definition) is 4. The van der Waals surface area contributed by atoms with E-state index in [4.69, 9.17) is 0 Å². The first-order valence-electron chi connectivity index (χ1n) is 9.09. The van der Waals surface area contributed by atoms with Gasteiger partial charge in [-0.3, -0.25) is 4.79 Å². The van der Waals surface area contributed by atoms with E-state index in [1.165, 1.54) is 0 Å². The molecule has 1 atom stereocenters. The first-order chi connectivity index (χ1) is 13.9. The number of hydrogen-bond donors (Lipinski definition) is 1. The standard InChI is InChI=1S/C19H18F6N4O/c1-11-4-5-16(28-27-11)29-6-2-3-12(10-29)17(30)26-15-8-13(18(20,21)22)7-14(9-15)19(23,24)25/h4-5,7-9,12H,2-3,6,10H2,1H3,(H,26,30). The second-order valence-corrected chi connectivity index (χ2v) is 7.10. The van der Waals surface area contributed by atoms with Crippen molar-refractivity contribution in [1.82, 2.24) is 10.2 Å². The number of carbonyl (C=O) groups excluding carboxylic acids is 1. The maximum Gasteiger partial charge on any atom is 0.416 e. The second kappa shape index (κ2) is 8.11. The average molecular weight is 432 g/mol. The van der Waals surface area contributed by atoms with E-state index in [1.807, 2.05) is 4.90 Å². The molecule has 162 valence electrons. The van der Waals surface area contributed by atoms with Crippen LogP contribution in [0.2, 0.25) is 0 Å². The summed E-state index contributed by atoms with van der Waals surface area (Å²) in [7, 11) is 0. The van der Waals surface area contributed by atoms with Gasteiger partial charge in [0.2, 0.25) is 5.91 Å². The van der Waals surface area contributed by atoms with Crippen molar-refractivity contribution in [3.05, 3.63) is 47.2 Å². The van der Waals surface area contributed by atoms with Gasteiger partial charge in [0.05, 0.1) is 22.7 Å². The van der Waals surface area contributed by atoms with Crippen LogP contribution >= 0.6 is 0 Å². The fourth-order valence-corrected chi connectivity index (χ4v) is 3.23. The van der Waals surface area contributed by atoms with Crippen LogP contribution in [0.3, 0.4) is 0 Å². The molecular formula is C19H18F6N4O. The molecule has 1 fully saturated rings. The second-order valence-electron chi connectivity index (χ2n) is 7.10. The SMILES string of the molecule is Cc1ccc(N2CCCC(C(=O)Nc3cc(C(F)(F)F)cc(C(F)(F)F)c3)C2)nn1. The molecule has 0 aliphatic carbocycles. The van der Waals surface area contributed by atoms with Gasteiger partial charge < -0.3 is 10.2 Å². The van der Waals surface area contributed by atoms with Crippen molar-refractivity contribution < 1.29 is 31.1 Å². The van der Waals surface area contributed by atoms with Gasteiger partial charge in [-0.05, 0) is 50.1 Å². The lowest BCUT2D eigenvalue weighted by atomic mass is 9.96. The Hall–Kier alpha value is -2.85. The number of benzene rings is 1. The Kier molecular flexibility index (Phi) is 5.91. The van der Waals surface area contributed by atoms with Crippen LogP contribution in [0.5, 0.6) is 0 Å². The molecule has 0 radical (unpaired) electrons. The molecule has 1 aliphatic heterocycles. The molecule has 3 rings (SSSR count). The fraction of sp³-hybridized carbons (Fsp3) is 0.421. The van der Waals surface area contributed by atoms with Gasteiger partial charge in [0.25, 0.3) is 0 Å². The highest BCUT2D eigenvalue weighted by Gasteiger charge is 2.37. The van der Waals surface area contributed by atoms with E-state index in [2.05, 4.69) is 15.5 Å². The van der Waals surface area contributed by atoms with Crippen molar-refractivity contribution in [3.63, 3.8) is 0 Å². The van der Waals surface area contributed by atoms with Gasteiger partial charge >= 0.3 is 12.4 Å². The third-order valence-electron chi connectivity index (χ3n) is 4.76. The van der Waals surface area contributed by atoms with E-state index in [0.29, 0.717) is 37.3 Å². The highest BCUT2D eigenvalue weighted by Crippen LogP contribution is 2.37. The van der Waals surface area contributed by atoms with Gasteiger partial charge in [0, 0.05) is 18.8 Å². The van der Waals surface area contributed by atoms with Crippen LogP contribution in [0.15, 0.2) is 30.3 Å². The quantitative estimate of drug-likeness (QED) is 0.716. The predicted octanol–water partition coefficient (Wildman–Crippen LogP) is 4.68. The van der Waals surface area contributed by atoms with E-state index in [9.17, 15) is 31.1 Å². The van der Waals surface area contributed by atoms with Gasteiger partial charge in [-0.25, -0.2) is 0 Å². The number of anilines is 2. The third-order valence-corrected chi connectivity index (χ3v) is 4.76. The first-order valence-corrected chi connectivity index (χ1v) is 9.09. The van der Waals surface area contributed by atoms with Crippen LogP contribution in [0.1, 0.15) is 29.7 Å². The van der Waals surface area contributed by atoms with Crippen LogP contribution in [-0.4, -0.2) is 29.2 Å². The van der Waals surface area contributed by atoms with Crippen LogP contribution in [-0.2, 0) is 17.1 Å². The number of carbonyl (C=O) groups is 1. The molecule has 2 aromatic rings. The number of amides is 1. The zero-order chi connectivity index (χ0) is 22.1. The summed E-state index contributed by atoms with van der Waals surface area (Å²) in [6, 6.07) is 4.52. The molecule has 11 heteroatoms. The molecule has 1 saturated heterocycles. The maximum absolute atomic E-state index is 13.0. The molecule has 0 saturated carbocycles. The number of aromatic nitrogens is 2.